The number of hydrogen-bond donors (Lipinski definition) is 4. The van der Waals surface area contributed by atoms with Gasteiger partial charge in [-0.05, 0) is 96.6 Å². The summed E-state index contributed by atoms with van der Waals surface area (Å²) < 4.78 is 39.9. The maximum absolute atomic E-state index is 14.5. The Kier molecular flexibility index (Phi) is 6.02. The highest BCUT2D eigenvalue weighted by molar-refractivity contribution is 7.88. The van der Waals surface area contributed by atoms with Crippen molar-refractivity contribution in [1.82, 2.24) is 30.2 Å². The molecule has 37 heavy (non-hydrogen) atoms. The van der Waals surface area contributed by atoms with Crippen LogP contribution in [0.15, 0.2) is 54.7 Å². The van der Waals surface area contributed by atoms with Gasteiger partial charge in [-0.2, -0.15) is 5.10 Å². The van der Waals surface area contributed by atoms with Gasteiger partial charge in [-0.25, -0.2) is 22.5 Å². The van der Waals surface area contributed by atoms with Crippen molar-refractivity contribution >= 4 is 32.0 Å². The second-order valence-corrected chi connectivity index (χ2v) is 11.5. The molecule has 0 unspecified atom stereocenters. The third-order valence-electron chi connectivity index (χ3n) is 6.99. The number of piperidine rings is 1. The molecule has 190 valence electrons. The summed E-state index contributed by atoms with van der Waals surface area (Å²) >= 11 is 0. The molecule has 2 aromatic carbocycles. The molecular weight excluding hydrogens is 491 g/mol. The molecule has 0 aliphatic carbocycles. The summed E-state index contributed by atoms with van der Waals surface area (Å²) in [6.07, 6.45) is 4.99. The van der Waals surface area contributed by atoms with Gasteiger partial charge in [-0.3, -0.25) is 5.10 Å². The van der Waals surface area contributed by atoms with Crippen LogP contribution in [0.4, 0.5) is 4.39 Å². The van der Waals surface area contributed by atoms with Crippen LogP contribution in [-0.2, 0) is 16.6 Å². The van der Waals surface area contributed by atoms with Gasteiger partial charge < -0.3 is 10.3 Å². The molecule has 1 aliphatic rings. The number of nitrogens with zero attached hydrogens (tertiary/aromatic N) is 2. The Hall–Kier alpha value is -3.60. The smallest absolute Gasteiger partial charge is 0.209 e. The predicted octanol–water partition coefficient (Wildman–Crippen LogP) is 4.43. The molecule has 4 heterocycles. The molecule has 0 radical (unpaired) electrons. The van der Waals surface area contributed by atoms with E-state index in [2.05, 4.69) is 48.4 Å². The van der Waals surface area contributed by atoms with E-state index in [0.29, 0.717) is 22.7 Å². The van der Waals surface area contributed by atoms with Gasteiger partial charge in [0.1, 0.15) is 17.2 Å². The third-order valence-corrected chi connectivity index (χ3v) is 7.66. The summed E-state index contributed by atoms with van der Waals surface area (Å²) in [6.45, 7) is 2.07. The molecule has 0 bridgehead atoms. The number of benzene rings is 2. The van der Waals surface area contributed by atoms with Crippen LogP contribution in [0.5, 0.6) is 0 Å². The van der Waals surface area contributed by atoms with E-state index in [1.807, 2.05) is 12.1 Å². The van der Waals surface area contributed by atoms with Gasteiger partial charge in [-0.1, -0.05) is 6.07 Å². The normalized spacial score (nSPS) is 15.1. The number of halogens is 1. The minimum absolute atomic E-state index is 0.00879. The lowest BCUT2D eigenvalue weighted by Crippen LogP contribution is -2.26. The van der Waals surface area contributed by atoms with E-state index in [9.17, 15) is 12.8 Å². The Morgan fingerprint density at radius 3 is 2.70 bits per heavy atom. The molecule has 1 fully saturated rings. The summed E-state index contributed by atoms with van der Waals surface area (Å²) in [5, 5.41) is 13.0. The van der Waals surface area contributed by atoms with E-state index < -0.39 is 15.8 Å². The van der Waals surface area contributed by atoms with Gasteiger partial charge in [0.15, 0.2) is 0 Å². The van der Waals surface area contributed by atoms with Crippen molar-refractivity contribution in [2.45, 2.75) is 25.3 Å². The molecule has 0 saturated carbocycles. The van der Waals surface area contributed by atoms with E-state index in [1.54, 1.807) is 12.3 Å². The van der Waals surface area contributed by atoms with Crippen LogP contribution in [0.3, 0.4) is 0 Å². The van der Waals surface area contributed by atoms with E-state index >= 15 is 0 Å². The first-order valence-corrected chi connectivity index (χ1v) is 14.1. The lowest BCUT2D eigenvalue weighted by Gasteiger charge is -2.23. The van der Waals surface area contributed by atoms with Crippen molar-refractivity contribution < 1.29 is 12.8 Å². The Balaban J connectivity index is 1.40. The summed E-state index contributed by atoms with van der Waals surface area (Å²) in [5.41, 5.74) is 6.55. The molecule has 4 N–H and O–H groups in total. The standard InChI is InChI=1S/C27H27FN6O2S/c1-37(35,36)31-15-16-10-19(12-20(28)11-16)21-6-9-30-27-22(21)14-25(32-27)26-23-13-18(2-3-24(23)33-34-26)17-4-7-29-8-5-17/h2-3,6,9-14,17,29,31H,4-5,7-8,15H2,1H3,(H,30,32)(H,33,34). The topological polar surface area (TPSA) is 116 Å². The lowest BCUT2D eigenvalue weighted by molar-refractivity contribution is 0.460. The molecule has 8 nitrogen and oxygen atoms in total. The predicted molar refractivity (Wildman–Crippen MR) is 143 cm³/mol. The summed E-state index contributed by atoms with van der Waals surface area (Å²) in [7, 11) is -3.40. The first-order valence-electron chi connectivity index (χ1n) is 12.3. The summed E-state index contributed by atoms with van der Waals surface area (Å²) in [4.78, 5) is 7.88. The van der Waals surface area contributed by atoms with Gasteiger partial charge in [0.25, 0.3) is 0 Å². The number of H-pyrrole nitrogens is 2. The SMILES string of the molecule is CS(=O)(=O)NCc1cc(F)cc(-c2ccnc3[nH]c(-c4n[nH]c5ccc(C6CCNCC6)cc45)cc23)c1. The summed E-state index contributed by atoms with van der Waals surface area (Å²) in [5.74, 6) is 0.0935. The zero-order chi connectivity index (χ0) is 25.6. The zero-order valence-electron chi connectivity index (χ0n) is 20.3. The molecule has 0 atom stereocenters. The average Bonchev–Trinajstić information content (AvgIpc) is 3.51. The molecule has 1 aliphatic heterocycles. The Labute approximate surface area is 213 Å². The highest BCUT2D eigenvalue weighted by Crippen LogP contribution is 2.35. The Morgan fingerprint density at radius 2 is 1.89 bits per heavy atom. The second-order valence-electron chi connectivity index (χ2n) is 9.65. The molecular formula is C27H27FN6O2S. The highest BCUT2D eigenvalue weighted by atomic mass is 32.2. The minimum atomic E-state index is -3.40. The maximum Gasteiger partial charge on any atom is 0.209 e. The average molecular weight is 519 g/mol. The number of pyridine rings is 1. The first kappa shape index (κ1) is 23.8. The van der Waals surface area contributed by atoms with Gasteiger partial charge in [0.2, 0.25) is 10.0 Å². The third kappa shape index (κ3) is 4.87. The van der Waals surface area contributed by atoms with Crippen molar-refractivity contribution in [3.63, 3.8) is 0 Å². The number of hydrogen-bond acceptors (Lipinski definition) is 5. The van der Waals surface area contributed by atoms with Gasteiger partial charge in [0, 0.05) is 23.5 Å². The van der Waals surface area contributed by atoms with Crippen molar-refractivity contribution in [1.29, 1.82) is 0 Å². The largest absolute Gasteiger partial charge is 0.338 e. The number of sulfonamides is 1. The van der Waals surface area contributed by atoms with Gasteiger partial charge >= 0.3 is 0 Å². The highest BCUT2D eigenvalue weighted by Gasteiger charge is 2.19. The van der Waals surface area contributed by atoms with Crippen molar-refractivity contribution in [3.8, 4) is 22.5 Å². The van der Waals surface area contributed by atoms with Crippen LogP contribution < -0.4 is 10.0 Å². The number of fused-ring (bicyclic) bond motifs is 2. The van der Waals surface area contributed by atoms with Gasteiger partial charge in [0.05, 0.1) is 17.5 Å². The van der Waals surface area contributed by atoms with E-state index in [0.717, 1.165) is 65.4 Å². The molecule has 5 aromatic rings. The van der Waals surface area contributed by atoms with Crippen LogP contribution in [-0.4, -0.2) is 47.9 Å². The van der Waals surface area contributed by atoms with Crippen LogP contribution in [0.2, 0.25) is 0 Å². The fourth-order valence-electron chi connectivity index (χ4n) is 5.17. The van der Waals surface area contributed by atoms with E-state index in [1.165, 1.54) is 17.7 Å². The lowest BCUT2D eigenvalue weighted by atomic mass is 9.89. The van der Waals surface area contributed by atoms with Crippen LogP contribution in [0.1, 0.15) is 29.9 Å². The van der Waals surface area contributed by atoms with Crippen LogP contribution in [0.25, 0.3) is 44.5 Å². The molecule has 1 saturated heterocycles. The van der Waals surface area contributed by atoms with Gasteiger partial charge in [-0.15, -0.1) is 0 Å². The first-order chi connectivity index (χ1) is 17.8. The van der Waals surface area contributed by atoms with Crippen LogP contribution in [0, 0.1) is 5.82 Å². The summed E-state index contributed by atoms with van der Waals surface area (Å²) in [6, 6.07) is 14.9. The fraction of sp³-hybridized carbons (Fsp3) is 0.259. The molecule has 0 spiro atoms. The van der Waals surface area contributed by atoms with E-state index in [-0.39, 0.29) is 6.54 Å². The number of rotatable bonds is 6. The van der Waals surface area contributed by atoms with Crippen molar-refractivity contribution in [2.24, 2.45) is 0 Å². The molecule has 6 rings (SSSR count). The number of aromatic amines is 2. The monoisotopic (exact) mass is 518 g/mol. The molecule has 3 aromatic heterocycles. The maximum atomic E-state index is 14.5. The molecule has 0 amide bonds. The van der Waals surface area contributed by atoms with E-state index in [4.69, 9.17) is 0 Å². The number of nitrogens with one attached hydrogen (secondary N) is 4. The van der Waals surface area contributed by atoms with Crippen LogP contribution >= 0.6 is 0 Å². The fourth-order valence-corrected chi connectivity index (χ4v) is 5.60. The van der Waals surface area contributed by atoms with Crippen molar-refractivity contribution in [3.05, 3.63) is 71.7 Å². The second kappa shape index (κ2) is 9.37. The Bertz CT molecular complexity index is 1720. The number of aromatic nitrogens is 4. The quantitative estimate of drug-likeness (QED) is 0.266. The minimum Gasteiger partial charge on any atom is -0.338 e. The molecule has 10 heteroatoms. The van der Waals surface area contributed by atoms with Crippen molar-refractivity contribution in [2.75, 3.05) is 19.3 Å². The zero-order valence-corrected chi connectivity index (χ0v) is 21.1. The Morgan fingerprint density at radius 1 is 1.05 bits per heavy atom.